The second-order valence-corrected chi connectivity index (χ2v) is 6.08. The van der Waals surface area contributed by atoms with E-state index in [1.54, 1.807) is 25.1 Å². The average Bonchev–Trinajstić information content (AvgIpc) is 2.27. The van der Waals surface area contributed by atoms with Gasteiger partial charge in [-0.1, -0.05) is 19.1 Å². The number of hydrogen-bond acceptors (Lipinski definition) is 4. The number of Topliss-reactive ketones (excluding diaryl/α,β-unsaturated/α-hetero) is 1. The van der Waals surface area contributed by atoms with Crippen molar-refractivity contribution in [1.29, 1.82) is 0 Å². The van der Waals surface area contributed by atoms with Crippen LogP contribution in [0.1, 0.15) is 24.2 Å². The van der Waals surface area contributed by atoms with Crippen molar-refractivity contribution in [3.05, 3.63) is 29.8 Å². The van der Waals surface area contributed by atoms with Gasteiger partial charge in [-0.05, 0) is 25.0 Å². The number of carbonyl (C=O) groups excluding carboxylic acids is 1. The number of aliphatic hydroxyl groups excluding tert-OH is 1. The van der Waals surface area contributed by atoms with Gasteiger partial charge in [-0.3, -0.25) is 9.52 Å². The molecule has 0 heterocycles. The molecule has 2 N–H and O–H groups in total. The third-order valence-corrected chi connectivity index (χ3v) is 3.91. The Balaban J connectivity index is 2.84. The highest BCUT2D eigenvalue weighted by molar-refractivity contribution is 7.92. The zero-order valence-electron chi connectivity index (χ0n) is 10.4. The summed E-state index contributed by atoms with van der Waals surface area (Å²) in [5.74, 6) is -0.619. The van der Waals surface area contributed by atoms with Crippen LogP contribution in [0.3, 0.4) is 0 Å². The molecule has 1 aromatic carbocycles. The molecule has 18 heavy (non-hydrogen) atoms. The SMILES string of the molecule is CC(=O)c1cccc(NS(=O)(=O)CC(C)CO)c1. The molecule has 6 heteroatoms. The zero-order chi connectivity index (χ0) is 13.8. The lowest BCUT2D eigenvalue weighted by Crippen LogP contribution is -2.23. The molecule has 0 amide bonds. The summed E-state index contributed by atoms with van der Waals surface area (Å²) in [6.07, 6.45) is 0. The first-order chi connectivity index (χ1) is 8.34. The summed E-state index contributed by atoms with van der Waals surface area (Å²) in [6.45, 7) is 2.88. The highest BCUT2D eigenvalue weighted by Gasteiger charge is 2.15. The Morgan fingerprint density at radius 3 is 2.67 bits per heavy atom. The molecule has 0 fully saturated rings. The van der Waals surface area contributed by atoms with Crippen molar-refractivity contribution < 1.29 is 18.3 Å². The van der Waals surface area contributed by atoms with Crippen LogP contribution in [-0.2, 0) is 10.0 Å². The van der Waals surface area contributed by atoms with E-state index in [4.69, 9.17) is 5.11 Å². The van der Waals surface area contributed by atoms with Crippen molar-refractivity contribution in [1.82, 2.24) is 0 Å². The Labute approximate surface area is 107 Å². The van der Waals surface area contributed by atoms with E-state index in [1.807, 2.05) is 0 Å². The Hall–Kier alpha value is -1.40. The number of anilines is 1. The van der Waals surface area contributed by atoms with Crippen LogP contribution in [0, 0.1) is 5.92 Å². The predicted octanol–water partition coefficient (Wildman–Crippen LogP) is 1.26. The van der Waals surface area contributed by atoms with Crippen LogP contribution in [0.2, 0.25) is 0 Å². The van der Waals surface area contributed by atoms with Gasteiger partial charge in [-0.15, -0.1) is 0 Å². The third kappa shape index (κ3) is 4.46. The fourth-order valence-corrected chi connectivity index (χ4v) is 2.87. The van der Waals surface area contributed by atoms with Crippen LogP contribution >= 0.6 is 0 Å². The normalized spacial score (nSPS) is 13.1. The number of hydrogen-bond donors (Lipinski definition) is 2. The molecular weight excluding hydrogens is 254 g/mol. The monoisotopic (exact) mass is 271 g/mol. The Morgan fingerprint density at radius 1 is 1.44 bits per heavy atom. The standard InChI is InChI=1S/C12H17NO4S/c1-9(7-14)8-18(16,17)13-12-5-3-4-11(6-12)10(2)15/h3-6,9,13-14H,7-8H2,1-2H3. The zero-order valence-corrected chi connectivity index (χ0v) is 11.2. The molecule has 1 aromatic rings. The lowest BCUT2D eigenvalue weighted by Gasteiger charge is -2.11. The van der Waals surface area contributed by atoms with Gasteiger partial charge in [0.25, 0.3) is 0 Å². The summed E-state index contributed by atoms with van der Waals surface area (Å²) >= 11 is 0. The summed E-state index contributed by atoms with van der Waals surface area (Å²) in [4.78, 5) is 11.2. The first-order valence-electron chi connectivity index (χ1n) is 5.56. The molecule has 0 aliphatic rings. The summed E-state index contributed by atoms with van der Waals surface area (Å²) < 4.78 is 25.9. The van der Waals surface area contributed by atoms with Gasteiger partial charge in [0.05, 0.1) is 5.75 Å². The quantitative estimate of drug-likeness (QED) is 0.763. The largest absolute Gasteiger partial charge is 0.396 e. The topological polar surface area (TPSA) is 83.5 Å². The fraction of sp³-hybridized carbons (Fsp3) is 0.417. The van der Waals surface area contributed by atoms with Gasteiger partial charge in [0.15, 0.2) is 5.78 Å². The summed E-state index contributed by atoms with van der Waals surface area (Å²) in [6, 6.07) is 6.30. The van der Waals surface area contributed by atoms with Crippen LogP contribution in [-0.4, -0.2) is 31.7 Å². The molecule has 0 saturated heterocycles. The van der Waals surface area contributed by atoms with Gasteiger partial charge in [-0.25, -0.2) is 8.42 Å². The summed E-state index contributed by atoms with van der Waals surface area (Å²) in [7, 11) is -3.51. The molecular formula is C12H17NO4S. The van der Waals surface area contributed by atoms with Crippen molar-refractivity contribution in [3.8, 4) is 0 Å². The minimum absolute atomic E-state index is 0.125. The Bertz CT molecular complexity index is 525. The average molecular weight is 271 g/mol. The van der Waals surface area contributed by atoms with E-state index >= 15 is 0 Å². The molecule has 0 aliphatic carbocycles. The van der Waals surface area contributed by atoms with Crippen molar-refractivity contribution in [3.63, 3.8) is 0 Å². The van der Waals surface area contributed by atoms with Crippen molar-refractivity contribution in [2.24, 2.45) is 5.92 Å². The third-order valence-electron chi connectivity index (χ3n) is 2.36. The minimum Gasteiger partial charge on any atom is -0.396 e. The van der Waals surface area contributed by atoms with Crippen molar-refractivity contribution in [2.45, 2.75) is 13.8 Å². The smallest absolute Gasteiger partial charge is 0.233 e. The van der Waals surface area contributed by atoms with E-state index in [2.05, 4.69) is 4.72 Å². The van der Waals surface area contributed by atoms with Crippen LogP contribution in [0.4, 0.5) is 5.69 Å². The van der Waals surface area contributed by atoms with Crippen LogP contribution < -0.4 is 4.72 Å². The number of ketones is 1. The number of carbonyl (C=O) groups is 1. The Kier molecular flexibility index (Phi) is 4.86. The maximum Gasteiger partial charge on any atom is 0.233 e. The van der Waals surface area contributed by atoms with E-state index in [1.165, 1.54) is 13.0 Å². The van der Waals surface area contributed by atoms with E-state index in [-0.39, 0.29) is 24.1 Å². The molecule has 1 unspecified atom stereocenters. The number of nitrogens with one attached hydrogen (secondary N) is 1. The van der Waals surface area contributed by atoms with Gasteiger partial charge >= 0.3 is 0 Å². The van der Waals surface area contributed by atoms with Gasteiger partial charge < -0.3 is 5.11 Å². The van der Waals surface area contributed by atoms with E-state index in [0.29, 0.717) is 11.3 Å². The lowest BCUT2D eigenvalue weighted by molar-refractivity contribution is 0.101. The molecule has 1 rings (SSSR count). The fourth-order valence-electron chi connectivity index (χ4n) is 1.45. The van der Waals surface area contributed by atoms with E-state index in [0.717, 1.165) is 0 Å². The first kappa shape index (κ1) is 14.7. The molecule has 0 spiro atoms. The molecule has 1 atom stereocenters. The number of rotatable bonds is 6. The van der Waals surface area contributed by atoms with Gasteiger partial charge in [0.2, 0.25) is 10.0 Å². The highest BCUT2D eigenvalue weighted by Crippen LogP contribution is 2.14. The number of benzene rings is 1. The lowest BCUT2D eigenvalue weighted by atomic mass is 10.1. The van der Waals surface area contributed by atoms with Crippen molar-refractivity contribution in [2.75, 3.05) is 17.1 Å². The minimum atomic E-state index is -3.51. The second kappa shape index (κ2) is 5.97. The van der Waals surface area contributed by atoms with Crippen LogP contribution in [0.5, 0.6) is 0 Å². The van der Waals surface area contributed by atoms with Crippen molar-refractivity contribution >= 4 is 21.5 Å². The predicted molar refractivity (Wildman–Crippen MR) is 70.1 cm³/mol. The van der Waals surface area contributed by atoms with Crippen LogP contribution in [0.15, 0.2) is 24.3 Å². The highest BCUT2D eigenvalue weighted by atomic mass is 32.2. The molecule has 0 bridgehead atoms. The summed E-state index contributed by atoms with van der Waals surface area (Å²) in [5, 5.41) is 8.84. The molecule has 100 valence electrons. The molecule has 5 nitrogen and oxygen atoms in total. The summed E-state index contributed by atoms with van der Waals surface area (Å²) in [5.41, 5.74) is 0.804. The van der Waals surface area contributed by atoms with E-state index < -0.39 is 10.0 Å². The maximum absolute atomic E-state index is 11.7. The van der Waals surface area contributed by atoms with Gasteiger partial charge in [0.1, 0.15) is 0 Å². The number of aliphatic hydroxyl groups is 1. The molecule has 0 aromatic heterocycles. The van der Waals surface area contributed by atoms with Gasteiger partial charge in [-0.2, -0.15) is 0 Å². The van der Waals surface area contributed by atoms with E-state index in [9.17, 15) is 13.2 Å². The first-order valence-corrected chi connectivity index (χ1v) is 7.21. The molecule has 0 aliphatic heterocycles. The maximum atomic E-state index is 11.7. The Morgan fingerprint density at radius 2 is 2.11 bits per heavy atom. The molecule has 0 radical (unpaired) electrons. The van der Waals surface area contributed by atoms with Gasteiger partial charge in [0, 0.05) is 17.9 Å². The number of sulfonamides is 1. The molecule has 0 saturated carbocycles. The van der Waals surface area contributed by atoms with Crippen LogP contribution in [0.25, 0.3) is 0 Å². The second-order valence-electron chi connectivity index (χ2n) is 4.31.